The number of nitrogens with zero attached hydrogens (tertiary/aromatic N) is 1. The van der Waals surface area contributed by atoms with Gasteiger partial charge in [-0.05, 0) is 37.8 Å². The molecule has 2 atom stereocenters. The Labute approximate surface area is 72.4 Å². The zero-order valence-corrected chi connectivity index (χ0v) is 7.16. The van der Waals surface area contributed by atoms with E-state index in [2.05, 4.69) is 4.90 Å². The van der Waals surface area contributed by atoms with Crippen LogP contribution in [-0.4, -0.2) is 35.8 Å². The maximum atomic E-state index is 7.39. The summed E-state index contributed by atoms with van der Waals surface area (Å²) in [5, 5.41) is 7.39. The van der Waals surface area contributed by atoms with E-state index in [1.165, 1.54) is 32.1 Å². The van der Waals surface area contributed by atoms with Crippen molar-refractivity contribution in [2.24, 2.45) is 17.6 Å². The molecule has 0 bridgehead atoms. The summed E-state index contributed by atoms with van der Waals surface area (Å²) in [5.74, 6) is 1.20. The van der Waals surface area contributed by atoms with Gasteiger partial charge in [0.1, 0.15) is 0 Å². The van der Waals surface area contributed by atoms with Crippen LogP contribution in [0.15, 0.2) is 0 Å². The topological polar surface area (TPSA) is 53.1 Å². The van der Waals surface area contributed by atoms with Crippen molar-refractivity contribution < 1.29 is 0 Å². The lowest BCUT2D eigenvalue weighted by Gasteiger charge is -2.53. The summed E-state index contributed by atoms with van der Waals surface area (Å²) in [6, 6.07) is 0.747. The Hall–Kier alpha value is -0.410. The van der Waals surface area contributed by atoms with Crippen LogP contribution < -0.4 is 5.73 Å². The van der Waals surface area contributed by atoms with Crippen LogP contribution in [0, 0.1) is 17.2 Å². The molecule has 0 aromatic heterocycles. The Bertz CT molecular complexity index is 222. The summed E-state index contributed by atoms with van der Waals surface area (Å²) in [6.07, 6.45) is 3.94. The third-order valence-electron chi connectivity index (χ3n) is 4.24. The molecule has 3 rings (SSSR count). The fourth-order valence-electron chi connectivity index (χ4n) is 3.61. The van der Waals surface area contributed by atoms with E-state index in [0.717, 1.165) is 6.04 Å². The molecular weight excluding hydrogens is 150 g/mol. The molecule has 2 unspecified atom stereocenters. The highest BCUT2D eigenvalue weighted by atomic mass is 15.3. The van der Waals surface area contributed by atoms with Gasteiger partial charge in [0.15, 0.2) is 0 Å². The van der Waals surface area contributed by atoms with Crippen molar-refractivity contribution in [3.05, 3.63) is 0 Å². The summed E-state index contributed by atoms with van der Waals surface area (Å²) >= 11 is 0. The predicted molar refractivity (Wildman–Crippen MR) is 47.3 cm³/mol. The number of nitrogens with two attached hydrogens (primary N) is 1. The summed E-state index contributed by atoms with van der Waals surface area (Å²) < 4.78 is 0. The van der Waals surface area contributed by atoms with Gasteiger partial charge < -0.3 is 11.1 Å². The minimum atomic E-state index is -0.226. The second-order valence-electron chi connectivity index (χ2n) is 4.46. The van der Waals surface area contributed by atoms with Crippen LogP contribution in [-0.2, 0) is 0 Å². The summed E-state index contributed by atoms with van der Waals surface area (Å²) in [4.78, 5) is 2.56. The van der Waals surface area contributed by atoms with Crippen molar-refractivity contribution in [3.63, 3.8) is 0 Å². The Morgan fingerprint density at radius 2 is 1.92 bits per heavy atom. The minimum Gasteiger partial charge on any atom is -0.320 e. The summed E-state index contributed by atoms with van der Waals surface area (Å²) in [7, 11) is 0. The molecule has 0 spiro atoms. The standard InChI is InChI=1S/C9H15N3/c10-5-9(11)6-1-3-12-4-2-7(9)8(6)12/h5-8,10H,1-4,11H2. The van der Waals surface area contributed by atoms with Crippen LogP contribution in [0.2, 0.25) is 0 Å². The smallest absolute Gasteiger partial charge is 0.0594 e. The van der Waals surface area contributed by atoms with Crippen LogP contribution in [0.25, 0.3) is 0 Å². The van der Waals surface area contributed by atoms with Crippen LogP contribution in [0.5, 0.6) is 0 Å². The molecule has 2 aliphatic heterocycles. The van der Waals surface area contributed by atoms with Crippen LogP contribution in [0.1, 0.15) is 12.8 Å². The normalized spacial score (nSPS) is 56.6. The minimum absolute atomic E-state index is 0.226. The molecule has 2 saturated heterocycles. The Balaban J connectivity index is 1.98. The Kier molecular flexibility index (Phi) is 1.12. The number of hydrogen-bond acceptors (Lipinski definition) is 3. The molecule has 2 heterocycles. The third kappa shape index (κ3) is 0.529. The second kappa shape index (κ2) is 1.91. The maximum absolute atomic E-state index is 7.39. The number of hydrogen-bond donors (Lipinski definition) is 2. The maximum Gasteiger partial charge on any atom is 0.0594 e. The fraction of sp³-hybridized carbons (Fsp3) is 0.889. The van der Waals surface area contributed by atoms with Crippen LogP contribution in [0.4, 0.5) is 0 Å². The number of nitrogens with one attached hydrogen (secondary N) is 1. The molecule has 3 fully saturated rings. The fourth-order valence-corrected chi connectivity index (χ4v) is 3.61. The molecule has 0 aromatic carbocycles. The lowest BCUT2D eigenvalue weighted by molar-refractivity contribution is 0.0609. The van der Waals surface area contributed by atoms with Gasteiger partial charge in [-0.1, -0.05) is 0 Å². The van der Waals surface area contributed by atoms with E-state index in [0.29, 0.717) is 11.8 Å². The average Bonchev–Trinajstić information content (AvgIpc) is 2.56. The lowest BCUT2D eigenvalue weighted by atomic mass is 9.56. The lowest BCUT2D eigenvalue weighted by Crippen LogP contribution is -2.70. The average molecular weight is 165 g/mol. The van der Waals surface area contributed by atoms with Crippen LogP contribution in [0.3, 0.4) is 0 Å². The SMILES string of the molecule is N=CC1(N)C2CCN3CCC1C23. The highest BCUT2D eigenvalue weighted by Crippen LogP contribution is 2.55. The van der Waals surface area contributed by atoms with E-state index in [9.17, 15) is 0 Å². The molecular formula is C9H15N3. The molecule has 12 heavy (non-hydrogen) atoms. The molecule has 0 amide bonds. The first-order valence-electron chi connectivity index (χ1n) is 4.82. The van der Waals surface area contributed by atoms with Gasteiger partial charge in [-0.2, -0.15) is 0 Å². The van der Waals surface area contributed by atoms with Crippen molar-refractivity contribution in [2.45, 2.75) is 24.4 Å². The molecule has 0 aromatic rings. The second-order valence-corrected chi connectivity index (χ2v) is 4.46. The largest absolute Gasteiger partial charge is 0.320 e. The molecule has 3 N–H and O–H groups in total. The Morgan fingerprint density at radius 3 is 2.42 bits per heavy atom. The predicted octanol–water partition coefficient (Wildman–Crippen LogP) is 0.0575. The summed E-state index contributed by atoms with van der Waals surface area (Å²) in [6.45, 7) is 2.44. The van der Waals surface area contributed by atoms with Crippen molar-refractivity contribution >= 4 is 6.21 Å². The van der Waals surface area contributed by atoms with E-state index in [1.807, 2.05) is 0 Å². The zero-order chi connectivity index (χ0) is 8.34. The monoisotopic (exact) mass is 165 g/mol. The number of rotatable bonds is 1. The highest BCUT2D eigenvalue weighted by Gasteiger charge is 2.65. The first-order chi connectivity index (χ1) is 5.77. The van der Waals surface area contributed by atoms with Crippen LogP contribution >= 0.6 is 0 Å². The van der Waals surface area contributed by atoms with Gasteiger partial charge in [-0.25, -0.2) is 0 Å². The van der Waals surface area contributed by atoms with Crippen molar-refractivity contribution in [3.8, 4) is 0 Å². The van der Waals surface area contributed by atoms with Gasteiger partial charge >= 0.3 is 0 Å². The van der Waals surface area contributed by atoms with Crippen molar-refractivity contribution in [2.75, 3.05) is 13.1 Å². The van der Waals surface area contributed by atoms with E-state index >= 15 is 0 Å². The highest BCUT2D eigenvalue weighted by molar-refractivity contribution is 5.71. The molecule has 1 saturated carbocycles. The van der Waals surface area contributed by atoms with Gasteiger partial charge in [-0.15, -0.1) is 0 Å². The van der Waals surface area contributed by atoms with Gasteiger partial charge in [-0.3, -0.25) is 4.90 Å². The van der Waals surface area contributed by atoms with E-state index in [-0.39, 0.29) is 5.54 Å². The molecule has 3 nitrogen and oxygen atoms in total. The first kappa shape index (κ1) is 7.04. The van der Waals surface area contributed by atoms with Gasteiger partial charge in [0.05, 0.1) is 5.54 Å². The third-order valence-corrected chi connectivity index (χ3v) is 4.24. The van der Waals surface area contributed by atoms with Gasteiger partial charge in [0, 0.05) is 12.3 Å². The molecule has 3 aliphatic rings. The van der Waals surface area contributed by atoms with Crippen molar-refractivity contribution in [1.29, 1.82) is 5.41 Å². The van der Waals surface area contributed by atoms with E-state index < -0.39 is 0 Å². The molecule has 3 heteroatoms. The molecule has 66 valence electrons. The van der Waals surface area contributed by atoms with Crippen molar-refractivity contribution in [1.82, 2.24) is 4.90 Å². The Morgan fingerprint density at radius 1 is 1.33 bits per heavy atom. The quantitative estimate of drug-likeness (QED) is 0.540. The summed E-state index contributed by atoms with van der Waals surface area (Å²) in [5.41, 5.74) is 5.97. The van der Waals surface area contributed by atoms with Gasteiger partial charge in [0.2, 0.25) is 0 Å². The van der Waals surface area contributed by atoms with Gasteiger partial charge in [0.25, 0.3) is 0 Å². The van der Waals surface area contributed by atoms with E-state index in [4.69, 9.17) is 11.1 Å². The van der Waals surface area contributed by atoms with E-state index in [1.54, 1.807) is 0 Å². The molecule has 1 aliphatic carbocycles. The first-order valence-corrected chi connectivity index (χ1v) is 4.82. The zero-order valence-electron chi connectivity index (χ0n) is 7.16. The molecule has 0 radical (unpaired) electrons.